The zero-order valence-electron chi connectivity index (χ0n) is 10.6. The van der Waals surface area contributed by atoms with Crippen molar-refractivity contribution in [3.05, 3.63) is 46.7 Å². The first-order valence-corrected chi connectivity index (χ1v) is 7.12. The van der Waals surface area contributed by atoms with Gasteiger partial charge in [0.05, 0.1) is 0 Å². The van der Waals surface area contributed by atoms with E-state index in [1.165, 1.54) is 16.0 Å². The lowest BCUT2D eigenvalue weighted by Crippen LogP contribution is -2.22. The van der Waals surface area contributed by atoms with E-state index >= 15 is 0 Å². The zero-order valence-corrected chi connectivity index (χ0v) is 11.4. The fourth-order valence-corrected chi connectivity index (χ4v) is 2.62. The molecule has 0 saturated heterocycles. The average molecular weight is 261 g/mol. The van der Waals surface area contributed by atoms with Gasteiger partial charge in [-0.25, -0.2) is 0 Å². The Balaban J connectivity index is 1.91. The van der Waals surface area contributed by atoms with E-state index in [1.807, 2.05) is 13.0 Å². The van der Waals surface area contributed by atoms with E-state index < -0.39 is 0 Å². The van der Waals surface area contributed by atoms with Gasteiger partial charge < -0.3 is 10.4 Å². The SMILES string of the molecule is CC(CO)CNCc1cc(-c2ccccc2)cs1. The van der Waals surface area contributed by atoms with Crippen LogP contribution in [0.5, 0.6) is 0 Å². The van der Waals surface area contributed by atoms with Gasteiger partial charge in [-0.2, -0.15) is 0 Å². The minimum Gasteiger partial charge on any atom is -0.396 e. The lowest BCUT2D eigenvalue weighted by molar-refractivity contribution is 0.233. The van der Waals surface area contributed by atoms with Crippen LogP contribution in [0.25, 0.3) is 11.1 Å². The van der Waals surface area contributed by atoms with Crippen LogP contribution in [0.2, 0.25) is 0 Å². The quantitative estimate of drug-likeness (QED) is 0.837. The van der Waals surface area contributed by atoms with E-state index in [2.05, 4.69) is 41.0 Å². The average Bonchev–Trinajstić information content (AvgIpc) is 2.88. The largest absolute Gasteiger partial charge is 0.396 e. The second-order valence-corrected chi connectivity index (χ2v) is 5.58. The molecule has 3 heteroatoms. The van der Waals surface area contributed by atoms with Crippen LogP contribution in [0, 0.1) is 5.92 Å². The van der Waals surface area contributed by atoms with E-state index in [0.717, 1.165) is 13.1 Å². The number of aliphatic hydroxyl groups is 1. The minimum absolute atomic E-state index is 0.243. The Kier molecular flexibility index (Phi) is 4.93. The number of thiophene rings is 1. The highest BCUT2D eigenvalue weighted by Crippen LogP contribution is 2.25. The van der Waals surface area contributed by atoms with E-state index in [1.54, 1.807) is 11.3 Å². The molecule has 0 spiro atoms. The van der Waals surface area contributed by atoms with Gasteiger partial charge >= 0.3 is 0 Å². The molecule has 96 valence electrons. The molecule has 0 amide bonds. The van der Waals surface area contributed by atoms with Crippen LogP contribution in [-0.4, -0.2) is 18.3 Å². The maximum Gasteiger partial charge on any atom is 0.0468 e. The number of hydrogen-bond donors (Lipinski definition) is 2. The molecule has 0 saturated carbocycles. The predicted molar refractivity (Wildman–Crippen MR) is 77.7 cm³/mol. The topological polar surface area (TPSA) is 32.3 Å². The summed E-state index contributed by atoms with van der Waals surface area (Å²) in [6.45, 7) is 4.01. The smallest absolute Gasteiger partial charge is 0.0468 e. The fraction of sp³-hybridized carbons (Fsp3) is 0.333. The Labute approximate surface area is 112 Å². The van der Waals surface area contributed by atoms with Crippen molar-refractivity contribution in [1.29, 1.82) is 0 Å². The first-order chi connectivity index (χ1) is 8.79. The van der Waals surface area contributed by atoms with Crippen molar-refractivity contribution in [3.8, 4) is 11.1 Å². The maximum atomic E-state index is 8.95. The first kappa shape index (κ1) is 13.3. The van der Waals surface area contributed by atoms with Gasteiger partial charge in [0, 0.05) is 24.6 Å². The summed E-state index contributed by atoms with van der Waals surface area (Å²) in [5, 5.41) is 14.5. The van der Waals surface area contributed by atoms with Crippen LogP contribution < -0.4 is 5.32 Å². The van der Waals surface area contributed by atoms with Crippen molar-refractivity contribution in [1.82, 2.24) is 5.32 Å². The Bertz CT molecular complexity index is 466. The molecule has 0 radical (unpaired) electrons. The molecule has 0 aliphatic heterocycles. The summed E-state index contributed by atoms with van der Waals surface area (Å²) in [7, 11) is 0. The highest BCUT2D eigenvalue weighted by Gasteiger charge is 2.03. The molecule has 2 rings (SSSR count). The van der Waals surface area contributed by atoms with E-state index in [0.29, 0.717) is 5.92 Å². The number of benzene rings is 1. The second-order valence-electron chi connectivity index (χ2n) is 4.59. The summed E-state index contributed by atoms with van der Waals surface area (Å²) in [5.74, 6) is 0.318. The van der Waals surface area contributed by atoms with Gasteiger partial charge in [0.2, 0.25) is 0 Å². The Morgan fingerprint density at radius 2 is 2.00 bits per heavy atom. The summed E-state index contributed by atoms with van der Waals surface area (Å²) in [4.78, 5) is 1.33. The number of nitrogens with one attached hydrogen (secondary N) is 1. The van der Waals surface area contributed by atoms with Crippen molar-refractivity contribution in [2.24, 2.45) is 5.92 Å². The van der Waals surface area contributed by atoms with Crippen LogP contribution in [0.1, 0.15) is 11.8 Å². The summed E-state index contributed by atoms with van der Waals surface area (Å²) in [6, 6.07) is 12.7. The van der Waals surface area contributed by atoms with Gasteiger partial charge in [0.25, 0.3) is 0 Å². The molecule has 0 bridgehead atoms. The Morgan fingerprint density at radius 1 is 1.22 bits per heavy atom. The van der Waals surface area contributed by atoms with Crippen molar-refractivity contribution in [2.45, 2.75) is 13.5 Å². The third-order valence-electron chi connectivity index (χ3n) is 2.86. The molecule has 1 aromatic heterocycles. The highest BCUT2D eigenvalue weighted by atomic mass is 32.1. The summed E-state index contributed by atoms with van der Waals surface area (Å²) < 4.78 is 0. The molecule has 0 aliphatic rings. The van der Waals surface area contributed by atoms with Gasteiger partial charge in [0.15, 0.2) is 0 Å². The van der Waals surface area contributed by atoms with Crippen LogP contribution in [0.15, 0.2) is 41.8 Å². The van der Waals surface area contributed by atoms with Crippen molar-refractivity contribution < 1.29 is 5.11 Å². The molecule has 1 atom stereocenters. The van der Waals surface area contributed by atoms with Gasteiger partial charge in [-0.1, -0.05) is 37.3 Å². The molecule has 0 fully saturated rings. The van der Waals surface area contributed by atoms with E-state index in [9.17, 15) is 0 Å². The van der Waals surface area contributed by atoms with Gasteiger partial charge in [-0.3, -0.25) is 0 Å². The van der Waals surface area contributed by atoms with Crippen molar-refractivity contribution in [3.63, 3.8) is 0 Å². The normalized spacial score (nSPS) is 12.6. The molecule has 2 nitrogen and oxygen atoms in total. The van der Waals surface area contributed by atoms with Crippen LogP contribution in [0.4, 0.5) is 0 Å². The summed E-state index contributed by atoms with van der Waals surface area (Å²) in [6.07, 6.45) is 0. The van der Waals surface area contributed by atoms with Crippen LogP contribution in [-0.2, 0) is 6.54 Å². The maximum absolute atomic E-state index is 8.95. The molecule has 2 aromatic rings. The van der Waals surface area contributed by atoms with E-state index in [-0.39, 0.29) is 6.61 Å². The molecular weight excluding hydrogens is 242 g/mol. The lowest BCUT2D eigenvalue weighted by Gasteiger charge is -2.07. The number of hydrogen-bond acceptors (Lipinski definition) is 3. The van der Waals surface area contributed by atoms with Gasteiger partial charge in [-0.15, -0.1) is 11.3 Å². The molecular formula is C15H19NOS. The van der Waals surface area contributed by atoms with Crippen molar-refractivity contribution >= 4 is 11.3 Å². The van der Waals surface area contributed by atoms with Crippen LogP contribution in [0.3, 0.4) is 0 Å². The molecule has 2 N–H and O–H groups in total. The standard InChI is InChI=1S/C15H19NOS/c1-12(10-17)8-16-9-15-7-14(11-18-15)13-5-3-2-4-6-13/h2-7,11-12,16-17H,8-10H2,1H3. The summed E-state index contributed by atoms with van der Waals surface area (Å²) in [5.41, 5.74) is 2.55. The Morgan fingerprint density at radius 3 is 2.72 bits per heavy atom. The Hall–Kier alpha value is -1.16. The number of rotatable bonds is 6. The molecule has 1 heterocycles. The molecule has 1 aromatic carbocycles. The number of aliphatic hydroxyl groups excluding tert-OH is 1. The second kappa shape index (κ2) is 6.69. The predicted octanol–water partition coefficient (Wildman–Crippen LogP) is 3.13. The lowest BCUT2D eigenvalue weighted by atomic mass is 10.1. The third-order valence-corrected chi connectivity index (χ3v) is 3.80. The monoisotopic (exact) mass is 261 g/mol. The highest BCUT2D eigenvalue weighted by molar-refractivity contribution is 7.10. The van der Waals surface area contributed by atoms with Crippen molar-refractivity contribution in [2.75, 3.05) is 13.2 Å². The zero-order chi connectivity index (χ0) is 12.8. The fourth-order valence-electron chi connectivity index (χ4n) is 1.76. The van der Waals surface area contributed by atoms with Gasteiger partial charge in [-0.05, 0) is 28.5 Å². The minimum atomic E-state index is 0.243. The summed E-state index contributed by atoms with van der Waals surface area (Å²) >= 11 is 1.78. The molecule has 18 heavy (non-hydrogen) atoms. The molecule has 0 aliphatic carbocycles. The first-order valence-electron chi connectivity index (χ1n) is 6.24. The van der Waals surface area contributed by atoms with Gasteiger partial charge in [0.1, 0.15) is 0 Å². The van der Waals surface area contributed by atoms with Crippen LogP contribution >= 0.6 is 11.3 Å². The van der Waals surface area contributed by atoms with E-state index in [4.69, 9.17) is 5.11 Å². The third kappa shape index (κ3) is 3.67. The molecule has 1 unspecified atom stereocenters.